The molecule has 0 aromatic rings. The molecule has 0 aliphatic carbocycles. The van der Waals surface area contributed by atoms with Crippen LogP contribution in [0.25, 0.3) is 5.32 Å². The SMILES string of the molecule is CC(C)(C)[N-]C(C)(C)C. The summed E-state index contributed by atoms with van der Waals surface area (Å²) < 4.78 is 0. The molecule has 0 saturated heterocycles. The summed E-state index contributed by atoms with van der Waals surface area (Å²) in [6.07, 6.45) is 0. The zero-order chi connectivity index (χ0) is 7.71. The Kier molecular flexibility index (Phi) is 2.29. The number of hydrogen-bond donors (Lipinski definition) is 0. The van der Waals surface area contributed by atoms with Gasteiger partial charge >= 0.3 is 0 Å². The van der Waals surface area contributed by atoms with Gasteiger partial charge < -0.3 is 5.32 Å². The molecule has 0 spiro atoms. The predicted octanol–water partition coefficient (Wildman–Crippen LogP) is 2.96. The van der Waals surface area contributed by atoms with Crippen molar-refractivity contribution in [2.75, 3.05) is 0 Å². The Hall–Kier alpha value is -0.0400. The molecule has 0 N–H and O–H groups in total. The van der Waals surface area contributed by atoms with Crippen molar-refractivity contribution in [1.82, 2.24) is 0 Å². The minimum absolute atomic E-state index is 0.109. The average Bonchev–Trinajstić information content (AvgIpc) is 1.14. The van der Waals surface area contributed by atoms with Gasteiger partial charge in [-0.25, -0.2) is 0 Å². The molecule has 1 nitrogen and oxygen atoms in total. The zero-order valence-electron chi connectivity index (χ0n) is 7.45. The lowest BCUT2D eigenvalue weighted by Crippen LogP contribution is -2.25. The Balaban J connectivity index is 3.75. The third-order valence-corrected chi connectivity index (χ3v) is 0.671. The highest BCUT2D eigenvalue weighted by molar-refractivity contribution is 5.07. The highest BCUT2D eigenvalue weighted by Gasteiger charge is 2.04. The van der Waals surface area contributed by atoms with E-state index >= 15 is 0 Å². The van der Waals surface area contributed by atoms with Gasteiger partial charge in [0.05, 0.1) is 0 Å². The highest BCUT2D eigenvalue weighted by atomic mass is 15.0. The second kappa shape index (κ2) is 2.30. The molecular weight excluding hydrogens is 110 g/mol. The van der Waals surface area contributed by atoms with E-state index in [-0.39, 0.29) is 11.1 Å². The van der Waals surface area contributed by atoms with E-state index in [2.05, 4.69) is 46.9 Å². The first-order chi connectivity index (χ1) is 3.71. The lowest BCUT2D eigenvalue weighted by molar-refractivity contribution is 0.519. The molecule has 9 heavy (non-hydrogen) atoms. The second-order valence-corrected chi connectivity index (χ2v) is 4.45. The zero-order valence-corrected chi connectivity index (χ0v) is 7.45. The molecule has 0 atom stereocenters. The van der Waals surface area contributed by atoms with Crippen molar-refractivity contribution in [2.24, 2.45) is 0 Å². The van der Waals surface area contributed by atoms with Crippen LogP contribution in [0.1, 0.15) is 41.5 Å². The minimum atomic E-state index is 0.109. The fourth-order valence-corrected chi connectivity index (χ4v) is 1.01. The molecule has 0 aliphatic heterocycles. The molecule has 0 aliphatic rings. The summed E-state index contributed by atoms with van der Waals surface area (Å²) >= 11 is 0. The largest absolute Gasteiger partial charge is 0.653 e. The van der Waals surface area contributed by atoms with Crippen LogP contribution in [0.2, 0.25) is 0 Å². The molecule has 56 valence electrons. The van der Waals surface area contributed by atoms with Crippen LogP contribution in [-0.2, 0) is 0 Å². The molecule has 0 aromatic carbocycles. The summed E-state index contributed by atoms with van der Waals surface area (Å²) in [6, 6.07) is 0. The third kappa shape index (κ3) is 7.96. The van der Waals surface area contributed by atoms with Crippen LogP contribution < -0.4 is 0 Å². The van der Waals surface area contributed by atoms with E-state index in [1.54, 1.807) is 0 Å². The number of hydrogen-bond acceptors (Lipinski definition) is 0. The number of rotatable bonds is 0. The first-order valence-electron chi connectivity index (χ1n) is 3.45. The molecular formula is C8H18N-. The van der Waals surface area contributed by atoms with E-state index in [1.165, 1.54) is 0 Å². The van der Waals surface area contributed by atoms with Crippen LogP contribution >= 0.6 is 0 Å². The normalized spacial score (nSPS) is 14.0. The van der Waals surface area contributed by atoms with Crippen molar-refractivity contribution < 1.29 is 0 Å². The fourth-order valence-electron chi connectivity index (χ4n) is 1.01. The summed E-state index contributed by atoms with van der Waals surface area (Å²) in [5.74, 6) is 0. The lowest BCUT2D eigenvalue weighted by atomic mass is 10.0. The molecule has 0 aromatic heterocycles. The van der Waals surface area contributed by atoms with Gasteiger partial charge in [0.15, 0.2) is 0 Å². The van der Waals surface area contributed by atoms with Crippen LogP contribution in [0.5, 0.6) is 0 Å². The van der Waals surface area contributed by atoms with E-state index in [9.17, 15) is 0 Å². The maximum atomic E-state index is 4.54. The topological polar surface area (TPSA) is 14.1 Å². The maximum Gasteiger partial charge on any atom is -0.0792 e. The van der Waals surface area contributed by atoms with Crippen molar-refractivity contribution in [3.63, 3.8) is 0 Å². The molecule has 0 radical (unpaired) electrons. The molecule has 0 bridgehead atoms. The van der Waals surface area contributed by atoms with Crippen LogP contribution in [0, 0.1) is 0 Å². The predicted molar refractivity (Wildman–Crippen MR) is 42.9 cm³/mol. The van der Waals surface area contributed by atoms with Gasteiger partial charge in [0, 0.05) is 0 Å². The van der Waals surface area contributed by atoms with Crippen molar-refractivity contribution in [1.29, 1.82) is 0 Å². The Morgan fingerprint density at radius 1 is 0.667 bits per heavy atom. The van der Waals surface area contributed by atoms with Gasteiger partial charge in [0.2, 0.25) is 0 Å². The van der Waals surface area contributed by atoms with Gasteiger partial charge in [-0.05, 0) is 0 Å². The minimum Gasteiger partial charge on any atom is -0.653 e. The first kappa shape index (κ1) is 8.96. The quantitative estimate of drug-likeness (QED) is 0.476. The summed E-state index contributed by atoms with van der Waals surface area (Å²) in [5, 5.41) is 4.54. The highest BCUT2D eigenvalue weighted by Crippen LogP contribution is 2.25. The van der Waals surface area contributed by atoms with Gasteiger partial charge in [-0.1, -0.05) is 41.5 Å². The van der Waals surface area contributed by atoms with Gasteiger partial charge in [-0.3, -0.25) is 0 Å². The van der Waals surface area contributed by atoms with Crippen LogP contribution in [0.15, 0.2) is 0 Å². The van der Waals surface area contributed by atoms with Gasteiger partial charge in [-0.2, -0.15) is 0 Å². The van der Waals surface area contributed by atoms with Gasteiger partial charge in [-0.15, -0.1) is 11.1 Å². The van der Waals surface area contributed by atoms with Crippen LogP contribution in [-0.4, -0.2) is 11.1 Å². The molecule has 0 amide bonds. The van der Waals surface area contributed by atoms with Gasteiger partial charge in [0.1, 0.15) is 0 Å². The van der Waals surface area contributed by atoms with E-state index in [1.807, 2.05) is 0 Å². The Bertz CT molecular complexity index is 69.7. The number of nitrogens with zero attached hydrogens (tertiary/aromatic N) is 1. The van der Waals surface area contributed by atoms with E-state index < -0.39 is 0 Å². The van der Waals surface area contributed by atoms with Crippen molar-refractivity contribution in [2.45, 2.75) is 52.6 Å². The first-order valence-corrected chi connectivity index (χ1v) is 3.45. The summed E-state index contributed by atoms with van der Waals surface area (Å²) in [5.41, 5.74) is 0.219. The molecule has 0 saturated carbocycles. The Morgan fingerprint density at radius 3 is 0.889 bits per heavy atom. The van der Waals surface area contributed by atoms with E-state index in [0.717, 1.165) is 0 Å². The average molecular weight is 128 g/mol. The fraction of sp³-hybridized carbons (Fsp3) is 1.00. The maximum absolute atomic E-state index is 4.54. The van der Waals surface area contributed by atoms with Gasteiger partial charge in [0.25, 0.3) is 0 Å². The van der Waals surface area contributed by atoms with E-state index in [0.29, 0.717) is 0 Å². The molecule has 0 rings (SSSR count). The molecule has 0 unspecified atom stereocenters. The summed E-state index contributed by atoms with van der Waals surface area (Å²) in [7, 11) is 0. The second-order valence-electron chi connectivity index (χ2n) is 4.45. The van der Waals surface area contributed by atoms with Crippen LogP contribution in [0.4, 0.5) is 0 Å². The Labute approximate surface area is 58.8 Å². The Morgan fingerprint density at radius 2 is 0.889 bits per heavy atom. The standard InChI is InChI=1S/C8H18N/c1-7(2,3)9-8(4,5)6/h1-6H3/q-1. The summed E-state index contributed by atoms with van der Waals surface area (Å²) in [4.78, 5) is 0. The third-order valence-electron chi connectivity index (χ3n) is 0.671. The molecule has 1 heteroatoms. The monoisotopic (exact) mass is 128 g/mol. The van der Waals surface area contributed by atoms with Crippen LogP contribution in [0.3, 0.4) is 0 Å². The molecule has 0 fully saturated rings. The summed E-state index contributed by atoms with van der Waals surface area (Å²) in [6.45, 7) is 12.7. The van der Waals surface area contributed by atoms with Crippen molar-refractivity contribution in [3.8, 4) is 0 Å². The van der Waals surface area contributed by atoms with E-state index in [4.69, 9.17) is 0 Å². The molecule has 0 heterocycles. The lowest BCUT2D eigenvalue weighted by Gasteiger charge is -2.48. The van der Waals surface area contributed by atoms with Crippen molar-refractivity contribution >= 4 is 0 Å². The smallest absolute Gasteiger partial charge is 0.0792 e. The van der Waals surface area contributed by atoms with Crippen molar-refractivity contribution in [3.05, 3.63) is 5.32 Å².